The summed E-state index contributed by atoms with van der Waals surface area (Å²) in [6, 6.07) is 4.00. The normalized spacial score (nSPS) is 11.6. The van der Waals surface area contributed by atoms with Gasteiger partial charge in [0, 0.05) is 58.0 Å². The van der Waals surface area contributed by atoms with E-state index in [4.69, 9.17) is 10.5 Å². The van der Waals surface area contributed by atoms with Crippen LogP contribution in [0.5, 0.6) is 0 Å². The zero-order valence-electron chi connectivity index (χ0n) is 26.6. The maximum atomic E-state index is 12.5. The summed E-state index contributed by atoms with van der Waals surface area (Å²) >= 11 is 0. The maximum Gasteiger partial charge on any atom is 0.416 e. The Morgan fingerprint density at radius 1 is 0.810 bits per heavy atom. The molecule has 0 fully saturated rings. The number of hydrogen-bond acceptors (Lipinski definition) is 7. The van der Waals surface area contributed by atoms with E-state index in [0.29, 0.717) is 38.4 Å². The Bertz CT molecular complexity index is 858. The minimum absolute atomic E-state index is 0.317. The highest BCUT2D eigenvalue weighted by molar-refractivity contribution is 5.89. The van der Waals surface area contributed by atoms with E-state index >= 15 is 0 Å². The summed E-state index contributed by atoms with van der Waals surface area (Å²) in [6.07, 6.45) is -4.74. The van der Waals surface area contributed by atoms with Crippen molar-refractivity contribution < 1.29 is 27.5 Å². The number of amides is 3. The topological polar surface area (TPSA) is 115 Å². The first-order chi connectivity index (χ1) is 19.7. The zero-order valence-corrected chi connectivity index (χ0v) is 26.6. The van der Waals surface area contributed by atoms with Crippen LogP contribution in [0.2, 0.25) is 0 Å². The van der Waals surface area contributed by atoms with Crippen molar-refractivity contribution in [3.05, 3.63) is 29.8 Å². The van der Waals surface area contributed by atoms with Crippen molar-refractivity contribution in [1.82, 2.24) is 25.3 Å². The van der Waals surface area contributed by atoms with Crippen LogP contribution in [0.4, 0.5) is 28.4 Å². The lowest BCUT2D eigenvalue weighted by Crippen LogP contribution is -2.43. The molecule has 0 saturated heterocycles. The average molecular weight is 606 g/mol. The van der Waals surface area contributed by atoms with Gasteiger partial charge in [-0.1, -0.05) is 27.7 Å². The molecule has 0 aliphatic carbocycles. The third kappa shape index (κ3) is 18.7. The number of carbonyl (C=O) groups is 2. The summed E-state index contributed by atoms with van der Waals surface area (Å²) in [5, 5.41) is 8.62. The Balaban J connectivity index is 0.000000837. The van der Waals surface area contributed by atoms with Crippen molar-refractivity contribution in [3.8, 4) is 0 Å². The van der Waals surface area contributed by atoms with Crippen LogP contribution in [0.3, 0.4) is 0 Å². The number of nitrogens with zero attached hydrogens (tertiary/aromatic N) is 3. The number of benzene rings is 1. The SMILES string of the molecule is CCN(CC)CCN(CCN)C(=O)Nc1ccc(C(F)(F)F)cc1.CCN(CC)CCNCCNC(=O)OC(C)(C)C. The van der Waals surface area contributed by atoms with Crippen LogP contribution >= 0.6 is 0 Å². The fourth-order valence-corrected chi connectivity index (χ4v) is 3.69. The van der Waals surface area contributed by atoms with Gasteiger partial charge in [-0.2, -0.15) is 13.2 Å². The van der Waals surface area contributed by atoms with Gasteiger partial charge in [0.05, 0.1) is 5.56 Å². The fourth-order valence-electron chi connectivity index (χ4n) is 3.69. The second kappa shape index (κ2) is 21.1. The fraction of sp³-hybridized carbons (Fsp3) is 0.724. The second-order valence-electron chi connectivity index (χ2n) is 10.5. The van der Waals surface area contributed by atoms with E-state index in [-0.39, 0.29) is 12.1 Å². The van der Waals surface area contributed by atoms with Crippen LogP contribution in [0, 0.1) is 0 Å². The highest BCUT2D eigenvalue weighted by atomic mass is 19.4. The summed E-state index contributed by atoms with van der Waals surface area (Å²) in [5.41, 5.74) is 4.68. The van der Waals surface area contributed by atoms with Gasteiger partial charge in [0.15, 0.2) is 0 Å². The molecular weight excluding hydrogens is 551 g/mol. The Hall–Kier alpha value is -2.61. The number of anilines is 1. The van der Waals surface area contributed by atoms with Gasteiger partial charge < -0.3 is 41.1 Å². The molecular formula is C29H54F3N7O3. The number of nitrogens with two attached hydrogens (primary N) is 1. The summed E-state index contributed by atoms with van der Waals surface area (Å²) in [4.78, 5) is 29.7. The van der Waals surface area contributed by atoms with E-state index in [1.807, 2.05) is 34.6 Å². The number of hydrogen-bond donors (Lipinski definition) is 4. The first-order valence-corrected chi connectivity index (χ1v) is 14.8. The number of halogens is 3. The molecule has 0 unspecified atom stereocenters. The number of urea groups is 1. The Kier molecular flexibility index (Phi) is 19.8. The summed E-state index contributed by atoms with van der Waals surface area (Å²) in [7, 11) is 0. The van der Waals surface area contributed by atoms with E-state index < -0.39 is 17.3 Å². The predicted octanol–water partition coefficient (Wildman–Crippen LogP) is 4.28. The van der Waals surface area contributed by atoms with Crippen LogP contribution in [-0.4, -0.2) is 111 Å². The van der Waals surface area contributed by atoms with Gasteiger partial charge in [0.25, 0.3) is 0 Å². The standard InChI is InChI=1S/C16H25F3N4O.C13H29N3O2/c1-3-22(4-2)11-12-23(10-9-20)15(24)21-14-7-5-13(6-8-14)16(17,18)19;1-6-16(7-2)11-10-14-8-9-15-12(17)18-13(3,4)5/h5-8H,3-4,9-12,20H2,1-2H3,(H,21,24);14H,6-11H2,1-5H3,(H,15,17). The van der Waals surface area contributed by atoms with Crippen LogP contribution in [-0.2, 0) is 10.9 Å². The van der Waals surface area contributed by atoms with Crippen molar-refractivity contribution >= 4 is 17.8 Å². The molecule has 1 aromatic carbocycles. The molecule has 1 rings (SSSR count). The molecule has 3 amide bonds. The molecule has 244 valence electrons. The zero-order chi connectivity index (χ0) is 32.2. The van der Waals surface area contributed by atoms with Crippen LogP contribution in [0.1, 0.15) is 54.0 Å². The Labute approximate surface area is 250 Å². The lowest BCUT2D eigenvalue weighted by Gasteiger charge is -2.26. The largest absolute Gasteiger partial charge is 0.444 e. The number of alkyl carbamates (subject to hydrolysis) is 1. The van der Waals surface area contributed by atoms with E-state index in [0.717, 1.165) is 57.9 Å². The quantitative estimate of drug-likeness (QED) is 0.208. The summed E-state index contributed by atoms with van der Waals surface area (Å²) in [6.45, 7) is 23.2. The summed E-state index contributed by atoms with van der Waals surface area (Å²) < 4.78 is 42.8. The molecule has 0 bridgehead atoms. The van der Waals surface area contributed by atoms with Crippen LogP contribution in [0.25, 0.3) is 0 Å². The minimum atomic E-state index is -4.39. The molecule has 0 atom stereocenters. The number of ether oxygens (including phenoxy) is 1. The van der Waals surface area contributed by atoms with Gasteiger partial charge >= 0.3 is 18.3 Å². The number of rotatable bonds is 16. The van der Waals surface area contributed by atoms with Gasteiger partial charge in [0.1, 0.15) is 5.60 Å². The third-order valence-corrected chi connectivity index (χ3v) is 6.20. The molecule has 0 aromatic heterocycles. The first-order valence-electron chi connectivity index (χ1n) is 14.8. The van der Waals surface area contributed by atoms with Gasteiger partial charge in [0.2, 0.25) is 0 Å². The highest BCUT2D eigenvalue weighted by Crippen LogP contribution is 2.29. The van der Waals surface area contributed by atoms with Gasteiger partial charge in [-0.05, 0) is 71.2 Å². The minimum Gasteiger partial charge on any atom is -0.444 e. The molecule has 0 aliphatic heterocycles. The molecule has 0 heterocycles. The molecule has 0 radical (unpaired) electrons. The lowest BCUT2D eigenvalue weighted by atomic mass is 10.2. The molecule has 0 saturated carbocycles. The molecule has 1 aromatic rings. The van der Waals surface area contributed by atoms with Crippen molar-refractivity contribution in [2.24, 2.45) is 5.73 Å². The van der Waals surface area contributed by atoms with E-state index in [1.54, 1.807) is 4.90 Å². The molecule has 10 nitrogen and oxygen atoms in total. The van der Waals surface area contributed by atoms with Gasteiger partial charge in [-0.3, -0.25) is 0 Å². The van der Waals surface area contributed by atoms with Crippen molar-refractivity contribution in [1.29, 1.82) is 0 Å². The number of alkyl halides is 3. The van der Waals surface area contributed by atoms with Gasteiger partial charge in [-0.25, -0.2) is 9.59 Å². The molecule has 13 heteroatoms. The predicted molar refractivity (Wildman–Crippen MR) is 164 cm³/mol. The highest BCUT2D eigenvalue weighted by Gasteiger charge is 2.30. The number of likely N-dealkylation sites (N-methyl/N-ethyl adjacent to an activating group) is 2. The van der Waals surface area contributed by atoms with E-state index in [1.165, 1.54) is 12.1 Å². The average Bonchev–Trinajstić information content (AvgIpc) is 2.91. The van der Waals surface area contributed by atoms with Crippen molar-refractivity contribution in [2.45, 2.75) is 60.2 Å². The molecule has 5 N–H and O–H groups in total. The van der Waals surface area contributed by atoms with Crippen LogP contribution in [0.15, 0.2) is 24.3 Å². The maximum absolute atomic E-state index is 12.5. The van der Waals surface area contributed by atoms with Crippen LogP contribution < -0.4 is 21.7 Å². The van der Waals surface area contributed by atoms with Crippen molar-refractivity contribution in [2.75, 3.05) is 83.9 Å². The molecule has 0 aliphatic rings. The molecule has 42 heavy (non-hydrogen) atoms. The number of nitrogens with one attached hydrogen (secondary N) is 3. The smallest absolute Gasteiger partial charge is 0.416 e. The van der Waals surface area contributed by atoms with Gasteiger partial charge in [-0.15, -0.1) is 0 Å². The Morgan fingerprint density at radius 3 is 1.83 bits per heavy atom. The lowest BCUT2D eigenvalue weighted by molar-refractivity contribution is -0.137. The van der Waals surface area contributed by atoms with E-state index in [9.17, 15) is 22.8 Å². The third-order valence-electron chi connectivity index (χ3n) is 6.20. The number of carbonyl (C=O) groups excluding carboxylic acids is 2. The second-order valence-corrected chi connectivity index (χ2v) is 10.5. The summed E-state index contributed by atoms with van der Waals surface area (Å²) in [5.74, 6) is 0. The first kappa shape index (κ1) is 39.4. The Morgan fingerprint density at radius 2 is 1.36 bits per heavy atom. The van der Waals surface area contributed by atoms with Crippen molar-refractivity contribution in [3.63, 3.8) is 0 Å². The monoisotopic (exact) mass is 605 g/mol. The van der Waals surface area contributed by atoms with E-state index in [2.05, 4.69) is 39.6 Å². The molecule has 0 spiro atoms.